The van der Waals surface area contributed by atoms with Crippen molar-refractivity contribution in [2.24, 2.45) is 5.16 Å². The summed E-state index contributed by atoms with van der Waals surface area (Å²) >= 11 is 1.90. The Bertz CT molecular complexity index is 1300. The number of nitrogens with two attached hydrogens (primary N) is 1. The second-order valence-corrected chi connectivity index (χ2v) is 11.3. The van der Waals surface area contributed by atoms with Gasteiger partial charge in [-0.25, -0.2) is 9.59 Å². The number of rotatable bonds is 11. The van der Waals surface area contributed by atoms with E-state index in [4.69, 9.17) is 20.0 Å². The lowest BCUT2D eigenvalue weighted by Crippen LogP contribution is -2.71. The Morgan fingerprint density at radius 2 is 1.93 bits per heavy atom. The van der Waals surface area contributed by atoms with Crippen molar-refractivity contribution in [1.29, 1.82) is 0 Å². The van der Waals surface area contributed by atoms with Crippen LogP contribution in [-0.2, 0) is 43.1 Å². The molecule has 2 aliphatic rings. The molecular formula is C22H26N6O10S2. The second-order valence-electron chi connectivity index (χ2n) is 9.41. The van der Waals surface area contributed by atoms with Gasteiger partial charge in [0.15, 0.2) is 5.13 Å². The van der Waals surface area contributed by atoms with E-state index >= 15 is 0 Å². The Balaban J connectivity index is 1.73. The first kappa shape index (κ1) is 30.5. The van der Waals surface area contributed by atoms with Crippen LogP contribution in [0.4, 0.5) is 5.13 Å². The van der Waals surface area contributed by atoms with Crippen molar-refractivity contribution in [1.82, 2.24) is 19.6 Å². The number of carbonyl (C=O) groups excluding carboxylic acids is 5. The van der Waals surface area contributed by atoms with E-state index in [1.165, 1.54) is 6.92 Å². The molecule has 216 valence electrons. The number of hydrogen-bond donors (Lipinski definition) is 3. The summed E-state index contributed by atoms with van der Waals surface area (Å²) in [5.41, 5.74) is 4.13. The lowest BCUT2D eigenvalue weighted by Gasteiger charge is -2.49. The first-order valence-electron chi connectivity index (χ1n) is 11.5. The molecule has 0 aromatic carbocycles. The van der Waals surface area contributed by atoms with E-state index in [1.807, 2.05) is 0 Å². The number of esters is 2. The zero-order valence-corrected chi connectivity index (χ0v) is 23.4. The number of carboxylic acid groups (broad SMARTS) is 1. The molecule has 0 spiro atoms. The molecule has 1 unspecified atom stereocenters. The largest absolute Gasteiger partial charge is 0.477 e. The average Bonchev–Trinajstić information content (AvgIpc) is 3.27. The molecule has 18 heteroatoms. The van der Waals surface area contributed by atoms with Gasteiger partial charge in [0, 0.05) is 22.9 Å². The number of ketones is 1. The van der Waals surface area contributed by atoms with Crippen LogP contribution in [0.25, 0.3) is 0 Å². The molecule has 16 nitrogen and oxygen atoms in total. The molecule has 1 aromatic rings. The first-order valence-corrected chi connectivity index (χ1v) is 13.4. The lowest BCUT2D eigenvalue weighted by atomic mass is 10.0. The molecule has 1 fully saturated rings. The molecule has 1 saturated heterocycles. The lowest BCUT2D eigenvalue weighted by molar-refractivity contribution is -0.160. The summed E-state index contributed by atoms with van der Waals surface area (Å²) in [6, 6.07) is -1.15. The SMILES string of the molecule is CC(=O)CC(=O)OCC1=C(C(=O)O)N2C(=O)C(NC(=O)C(=NOCC(=O)OC(C)(C)C)c3nsc(N)n3)[C@H]2SC1. The smallest absolute Gasteiger partial charge is 0.352 e. The van der Waals surface area contributed by atoms with E-state index in [0.717, 1.165) is 28.2 Å². The number of β-lactam (4-membered cyclic amide) rings is 1. The Morgan fingerprint density at radius 1 is 1.23 bits per heavy atom. The molecule has 2 amide bonds. The number of nitrogen functional groups attached to an aromatic ring is 1. The highest BCUT2D eigenvalue weighted by Crippen LogP contribution is 2.40. The predicted molar refractivity (Wildman–Crippen MR) is 139 cm³/mol. The quantitative estimate of drug-likeness (QED) is 0.0954. The summed E-state index contributed by atoms with van der Waals surface area (Å²) in [4.78, 5) is 82.5. The van der Waals surface area contributed by atoms with E-state index in [0.29, 0.717) is 0 Å². The number of hydrogen-bond acceptors (Lipinski definition) is 15. The predicted octanol–water partition coefficient (Wildman–Crippen LogP) is -0.556. The standard InChI is InChI=1S/C22H26N6O10S2/c1-9(29)5-11(30)36-6-10-8-39-19-14(18(33)28(19)15(10)20(34)35)24-17(32)13(16-25-21(23)40-27-16)26-37-7-12(31)38-22(2,3)4/h14,19H,5-8H2,1-4H3,(H,24,32)(H,34,35)(H2,23,25,27)/t14?,19-/m1/s1. The number of carboxylic acids is 1. The summed E-state index contributed by atoms with van der Waals surface area (Å²) in [5.74, 6) is -5.25. The average molecular weight is 599 g/mol. The molecule has 3 heterocycles. The molecule has 4 N–H and O–H groups in total. The number of ether oxygens (including phenoxy) is 2. The minimum absolute atomic E-state index is 0.0177. The monoisotopic (exact) mass is 598 g/mol. The minimum atomic E-state index is -1.43. The molecule has 3 rings (SSSR count). The minimum Gasteiger partial charge on any atom is -0.477 e. The molecule has 0 aliphatic carbocycles. The normalized spacial score (nSPS) is 18.9. The molecule has 2 aliphatic heterocycles. The third-order valence-electron chi connectivity index (χ3n) is 4.96. The number of aliphatic carboxylic acids is 1. The number of amides is 2. The van der Waals surface area contributed by atoms with Gasteiger partial charge in [-0.05, 0) is 27.7 Å². The second kappa shape index (κ2) is 12.4. The molecule has 0 bridgehead atoms. The summed E-state index contributed by atoms with van der Waals surface area (Å²) in [7, 11) is 0. The zero-order chi connectivity index (χ0) is 29.8. The summed E-state index contributed by atoms with van der Waals surface area (Å²) in [6.45, 7) is 5.14. The zero-order valence-electron chi connectivity index (χ0n) is 21.8. The number of aromatic nitrogens is 2. The topological polar surface area (TPSA) is 230 Å². The van der Waals surface area contributed by atoms with Gasteiger partial charge in [-0.3, -0.25) is 24.1 Å². The molecule has 0 radical (unpaired) electrons. The van der Waals surface area contributed by atoms with Gasteiger partial charge in [-0.1, -0.05) is 5.16 Å². The summed E-state index contributed by atoms with van der Waals surface area (Å²) < 4.78 is 14.0. The number of Topliss-reactive ketones (excluding diaryl/α,β-unsaturated/α-hetero) is 1. The van der Waals surface area contributed by atoms with Crippen molar-refractivity contribution < 1.29 is 48.2 Å². The van der Waals surface area contributed by atoms with Gasteiger partial charge >= 0.3 is 17.9 Å². The fraction of sp³-hybridized carbons (Fsp3) is 0.500. The van der Waals surface area contributed by atoms with Crippen LogP contribution < -0.4 is 11.1 Å². The van der Waals surface area contributed by atoms with Gasteiger partial charge < -0.3 is 30.5 Å². The van der Waals surface area contributed by atoms with Gasteiger partial charge in [-0.15, -0.1) is 11.8 Å². The fourth-order valence-electron chi connectivity index (χ4n) is 3.46. The van der Waals surface area contributed by atoms with E-state index < -0.39 is 77.9 Å². The van der Waals surface area contributed by atoms with E-state index in [-0.39, 0.29) is 28.0 Å². The maximum Gasteiger partial charge on any atom is 0.352 e. The summed E-state index contributed by atoms with van der Waals surface area (Å²) in [5, 5.41) is 15.1. The van der Waals surface area contributed by atoms with Crippen LogP contribution in [0.5, 0.6) is 0 Å². The number of nitrogens with one attached hydrogen (secondary N) is 1. The molecule has 0 saturated carbocycles. The Morgan fingerprint density at radius 3 is 2.50 bits per heavy atom. The van der Waals surface area contributed by atoms with Crippen LogP contribution in [0.1, 0.15) is 39.9 Å². The highest BCUT2D eigenvalue weighted by atomic mass is 32.2. The van der Waals surface area contributed by atoms with Crippen molar-refractivity contribution in [2.75, 3.05) is 24.7 Å². The summed E-state index contributed by atoms with van der Waals surface area (Å²) in [6.07, 6.45) is -0.465. The van der Waals surface area contributed by atoms with Crippen LogP contribution in [-0.4, -0.2) is 96.6 Å². The number of anilines is 1. The number of carbonyl (C=O) groups is 6. The van der Waals surface area contributed by atoms with Gasteiger partial charge in [0.1, 0.15) is 41.5 Å². The van der Waals surface area contributed by atoms with Gasteiger partial charge in [0.2, 0.25) is 18.1 Å². The van der Waals surface area contributed by atoms with Crippen molar-refractivity contribution in [3.05, 3.63) is 17.1 Å². The maximum absolute atomic E-state index is 13.1. The Kier molecular flexibility index (Phi) is 9.46. The number of thioether (sulfide) groups is 1. The number of fused-ring (bicyclic) bond motifs is 1. The van der Waals surface area contributed by atoms with Gasteiger partial charge in [0.05, 0.1) is 0 Å². The van der Waals surface area contributed by atoms with E-state index in [9.17, 15) is 33.9 Å². The molecule has 1 aromatic heterocycles. The van der Waals surface area contributed by atoms with Crippen LogP contribution in [0.3, 0.4) is 0 Å². The van der Waals surface area contributed by atoms with Crippen LogP contribution in [0.2, 0.25) is 0 Å². The number of nitrogens with zero attached hydrogens (tertiary/aromatic N) is 4. The number of oxime groups is 1. The molecule has 40 heavy (non-hydrogen) atoms. The van der Waals surface area contributed by atoms with Crippen molar-refractivity contribution in [3.63, 3.8) is 0 Å². The van der Waals surface area contributed by atoms with Crippen molar-refractivity contribution in [2.45, 2.75) is 51.1 Å². The molecular weight excluding hydrogens is 572 g/mol. The van der Waals surface area contributed by atoms with Crippen molar-refractivity contribution in [3.8, 4) is 0 Å². The van der Waals surface area contributed by atoms with Gasteiger partial charge in [0.25, 0.3) is 11.8 Å². The van der Waals surface area contributed by atoms with E-state index in [1.54, 1.807) is 20.8 Å². The fourth-order valence-corrected chi connectivity index (χ4v) is 5.22. The van der Waals surface area contributed by atoms with Crippen LogP contribution >= 0.6 is 23.3 Å². The van der Waals surface area contributed by atoms with Crippen molar-refractivity contribution >= 4 is 69.6 Å². The van der Waals surface area contributed by atoms with Crippen LogP contribution in [0.15, 0.2) is 16.4 Å². The molecule has 2 atom stereocenters. The maximum atomic E-state index is 13.1. The Hall–Kier alpha value is -4.06. The third-order valence-corrected chi connectivity index (χ3v) is 6.85. The highest BCUT2D eigenvalue weighted by Gasteiger charge is 2.54. The third kappa shape index (κ3) is 7.53. The Labute approximate surface area is 235 Å². The highest BCUT2D eigenvalue weighted by molar-refractivity contribution is 8.00. The van der Waals surface area contributed by atoms with Gasteiger partial charge in [-0.2, -0.15) is 9.36 Å². The van der Waals surface area contributed by atoms with Crippen LogP contribution in [0, 0.1) is 0 Å². The van der Waals surface area contributed by atoms with E-state index in [2.05, 4.69) is 19.8 Å². The first-order chi connectivity index (χ1) is 18.7.